The lowest BCUT2D eigenvalue weighted by Gasteiger charge is -2.16. The molecule has 0 radical (unpaired) electrons. The molecule has 0 saturated carbocycles. The molecule has 0 saturated heterocycles. The molecule has 0 aromatic carbocycles. The van der Waals surface area contributed by atoms with Gasteiger partial charge in [0.15, 0.2) is 11.6 Å². The van der Waals surface area contributed by atoms with E-state index in [9.17, 15) is 0 Å². The van der Waals surface area contributed by atoms with Gasteiger partial charge in [0.1, 0.15) is 23.7 Å². The van der Waals surface area contributed by atoms with Gasteiger partial charge in [-0.1, -0.05) is 0 Å². The Kier molecular flexibility index (Phi) is 2.55. The Morgan fingerprint density at radius 1 is 0.688 bits per heavy atom. The van der Waals surface area contributed by atoms with Crippen molar-refractivity contribution in [3.63, 3.8) is 0 Å². The van der Waals surface area contributed by atoms with E-state index in [1.807, 2.05) is 38.0 Å². The summed E-state index contributed by atoms with van der Waals surface area (Å²) in [6.07, 6.45) is 3.07. The third kappa shape index (κ3) is 1.62. The fraction of sp³-hybridized carbons (Fsp3) is 0.400. The van der Waals surface area contributed by atoms with Crippen molar-refractivity contribution in [3.8, 4) is 0 Å². The summed E-state index contributed by atoms with van der Waals surface area (Å²) in [6, 6.07) is 0. The van der Waals surface area contributed by atoms with Crippen LogP contribution in [0.15, 0.2) is 12.7 Å². The van der Waals surface area contributed by atoms with Crippen molar-refractivity contribution in [1.82, 2.24) is 19.9 Å². The average Bonchev–Trinajstić information content (AvgIpc) is 2.27. The minimum absolute atomic E-state index is 0.770. The fourth-order valence-corrected chi connectivity index (χ4v) is 1.51. The van der Waals surface area contributed by atoms with Gasteiger partial charge in [-0.05, 0) is 0 Å². The first-order chi connectivity index (χ1) is 7.61. The average molecular weight is 218 g/mol. The molecule has 0 aliphatic carbocycles. The Hall–Kier alpha value is -1.98. The highest BCUT2D eigenvalue weighted by atomic mass is 15.2. The molecule has 0 aliphatic heterocycles. The quantitative estimate of drug-likeness (QED) is 0.733. The van der Waals surface area contributed by atoms with Crippen molar-refractivity contribution >= 4 is 22.7 Å². The lowest BCUT2D eigenvalue weighted by atomic mass is 10.3. The zero-order chi connectivity index (χ0) is 11.7. The number of nitrogens with zero attached hydrogens (tertiary/aromatic N) is 6. The number of hydrogen-bond donors (Lipinski definition) is 0. The van der Waals surface area contributed by atoms with Gasteiger partial charge < -0.3 is 9.80 Å². The smallest absolute Gasteiger partial charge is 0.158 e. The maximum absolute atomic E-state index is 4.24. The maximum Gasteiger partial charge on any atom is 0.158 e. The van der Waals surface area contributed by atoms with E-state index in [2.05, 4.69) is 19.9 Å². The van der Waals surface area contributed by atoms with Gasteiger partial charge in [-0.25, -0.2) is 19.9 Å². The van der Waals surface area contributed by atoms with Crippen LogP contribution in [0.2, 0.25) is 0 Å². The molecule has 0 aliphatic rings. The normalized spacial score (nSPS) is 10.5. The van der Waals surface area contributed by atoms with Crippen molar-refractivity contribution in [1.29, 1.82) is 0 Å². The number of aromatic nitrogens is 4. The minimum atomic E-state index is 0.770. The summed E-state index contributed by atoms with van der Waals surface area (Å²) < 4.78 is 0. The number of hydrogen-bond acceptors (Lipinski definition) is 6. The Balaban J connectivity index is 2.76. The fourth-order valence-electron chi connectivity index (χ4n) is 1.51. The predicted octanol–water partition coefficient (Wildman–Crippen LogP) is 0.552. The van der Waals surface area contributed by atoms with Crippen molar-refractivity contribution in [2.24, 2.45) is 0 Å². The number of anilines is 2. The Morgan fingerprint density at radius 2 is 1.06 bits per heavy atom. The van der Waals surface area contributed by atoms with Gasteiger partial charge in [-0.2, -0.15) is 0 Å². The first kappa shape index (κ1) is 10.5. The molecule has 0 bridgehead atoms. The lowest BCUT2D eigenvalue weighted by molar-refractivity contribution is 1.02. The molecule has 0 spiro atoms. The summed E-state index contributed by atoms with van der Waals surface area (Å²) in [5, 5.41) is 0. The largest absolute Gasteiger partial charge is 0.361 e. The van der Waals surface area contributed by atoms with Crippen LogP contribution >= 0.6 is 0 Å². The summed E-state index contributed by atoms with van der Waals surface area (Å²) >= 11 is 0. The molecule has 0 unspecified atom stereocenters. The highest BCUT2D eigenvalue weighted by molar-refractivity contribution is 5.92. The summed E-state index contributed by atoms with van der Waals surface area (Å²) in [7, 11) is 7.72. The molecular formula is C10H14N6. The van der Waals surface area contributed by atoms with Crippen LogP contribution in [-0.2, 0) is 0 Å². The molecule has 16 heavy (non-hydrogen) atoms. The molecule has 0 amide bonds. The highest BCUT2D eigenvalue weighted by Gasteiger charge is 2.12. The SMILES string of the molecule is CN(C)c1ncnc2c(N(C)C)ncnc12. The molecule has 6 nitrogen and oxygen atoms in total. The van der Waals surface area contributed by atoms with E-state index in [4.69, 9.17) is 0 Å². The van der Waals surface area contributed by atoms with E-state index in [0.29, 0.717) is 0 Å². The van der Waals surface area contributed by atoms with Crippen LogP contribution in [0.1, 0.15) is 0 Å². The van der Waals surface area contributed by atoms with Gasteiger partial charge >= 0.3 is 0 Å². The second-order valence-corrected chi connectivity index (χ2v) is 3.88. The zero-order valence-corrected chi connectivity index (χ0v) is 9.84. The van der Waals surface area contributed by atoms with Crippen molar-refractivity contribution < 1.29 is 0 Å². The molecule has 0 N–H and O–H groups in total. The summed E-state index contributed by atoms with van der Waals surface area (Å²) in [6.45, 7) is 0. The van der Waals surface area contributed by atoms with E-state index in [0.717, 1.165) is 22.7 Å². The van der Waals surface area contributed by atoms with Crippen LogP contribution in [-0.4, -0.2) is 48.1 Å². The molecule has 2 rings (SSSR count). The van der Waals surface area contributed by atoms with Crippen LogP contribution in [0.3, 0.4) is 0 Å². The molecule has 2 aromatic rings. The van der Waals surface area contributed by atoms with Crippen LogP contribution in [0, 0.1) is 0 Å². The Labute approximate surface area is 94.0 Å². The van der Waals surface area contributed by atoms with E-state index in [-0.39, 0.29) is 0 Å². The van der Waals surface area contributed by atoms with Crippen LogP contribution < -0.4 is 9.80 Å². The van der Waals surface area contributed by atoms with Crippen molar-refractivity contribution in [2.75, 3.05) is 38.0 Å². The van der Waals surface area contributed by atoms with E-state index < -0.39 is 0 Å². The van der Waals surface area contributed by atoms with Gasteiger partial charge in [-0.15, -0.1) is 0 Å². The zero-order valence-electron chi connectivity index (χ0n) is 9.84. The van der Waals surface area contributed by atoms with Crippen molar-refractivity contribution in [3.05, 3.63) is 12.7 Å². The van der Waals surface area contributed by atoms with Gasteiger partial charge in [-0.3, -0.25) is 0 Å². The van der Waals surface area contributed by atoms with E-state index in [1.165, 1.54) is 12.7 Å². The predicted molar refractivity (Wildman–Crippen MR) is 63.8 cm³/mol. The molecule has 0 atom stereocenters. The van der Waals surface area contributed by atoms with Gasteiger partial charge in [0, 0.05) is 28.2 Å². The first-order valence-corrected chi connectivity index (χ1v) is 4.91. The van der Waals surface area contributed by atoms with Gasteiger partial charge in [0.2, 0.25) is 0 Å². The van der Waals surface area contributed by atoms with Crippen LogP contribution in [0.5, 0.6) is 0 Å². The molecule has 6 heteroatoms. The second-order valence-electron chi connectivity index (χ2n) is 3.88. The molecular weight excluding hydrogens is 204 g/mol. The van der Waals surface area contributed by atoms with E-state index in [1.54, 1.807) is 0 Å². The Morgan fingerprint density at radius 3 is 1.38 bits per heavy atom. The maximum atomic E-state index is 4.24. The van der Waals surface area contributed by atoms with Crippen LogP contribution in [0.25, 0.3) is 11.0 Å². The summed E-state index contributed by atoms with van der Waals surface area (Å²) in [4.78, 5) is 20.7. The topological polar surface area (TPSA) is 58.0 Å². The van der Waals surface area contributed by atoms with Crippen molar-refractivity contribution in [2.45, 2.75) is 0 Å². The van der Waals surface area contributed by atoms with Gasteiger partial charge in [0.25, 0.3) is 0 Å². The standard InChI is InChI=1S/C10H14N6/c1-15(2)9-7-8(12-5-13-9)10(16(3)4)14-6-11-7/h5-6H,1-4H3. The third-order valence-electron chi connectivity index (χ3n) is 2.23. The first-order valence-electron chi connectivity index (χ1n) is 4.91. The number of fused-ring (bicyclic) bond motifs is 1. The third-order valence-corrected chi connectivity index (χ3v) is 2.23. The summed E-state index contributed by atoms with van der Waals surface area (Å²) in [5.74, 6) is 1.60. The van der Waals surface area contributed by atoms with Crippen LogP contribution in [0.4, 0.5) is 11.6 Å². The molecule has 0 fully saturated rings. The Bertz CT molecular complexity index is 460. The molecule has 2 aromatic heterocycles. The summed E-state index contributed by atoms with van der Waals surface area (Å²) in [5.41, 5.74) is 1.54. The second kappa shape index (κ2) is 3.88. The monoisotopic (exact) mass is 218 g/mol. The van der Waals surface area contributed by atoms with Gasteiger partial charge in [0.05, 0.1) is 0 Å². The van der Waals surface area contributed by atoms with E-state index >= 15 is 0 Å². The minimum Gasteiger partial charge on any atom is -0.361 e. The molecule has 2 heterocycles. The molecule has 84 valence electrons. The lowest BCUT2D eigenvalue weighted by Crippen LogP contribution is -2.15. The number of rotatable bonds is 2. The highest BCUT2D eigenvalue weighted by Crippen LogP contribution is 2.23.